The Morgan fingerprint density at radius 1 is 1.28 bits per heavy atom. The number of amides is 1. The summed E-state index contributed by atoms with van der Waals surface area (Å²) in [6.07, 6.45) is 2.35. The first-order valence-electron chi connectivity index (χ1n) is 8.02. The first-order valence-corrected chi connectivity index (χ1v) is 8.02. The van der Waals surface area contributed by atoms with Gasteiger partial charge in [0.25, 0.3) is 0 Å². The molecule has 2 aromatic rings. The molecular weight excluding hydrogens is 324 g/mol. The average Bonchev–Trinajstić information content (AvgIpc) is 3.08. The first kappa shape index (κ1) is 18.8. The van der Waals surface area contributed by atoms with E-state index in [2.05, 4.69) is 10.3 Å². The fourth-order valence-electron chi connectivity index (χ4n) is 2.41. The maximum atomic E-state index is 11.9. The number of ether oxygens (including phenoxy) is 3. The normalized spacial score (nSPS) is 11.8. The van der Waals surface area contributed by atoms with Crippen LogP contribution in [0.25, 0.3) is 11.3 Å². The SMILES string of the molecule is COC[C@@H](C)NC(=O)CCc1ncc(-c2ccc(OC)cc2OC)o1. The average molecular weight is 348 g/mol. The van der Waals surface area contributed by atoms with Crippen LogP contribution >= 0.6 is 0 Å². The molecule has 2 rings (SSSR count). The molecule has 1 N–H and O–H groups in total. The largest absolute Gasteiger partial charge is 0.497 e. The maximum absolute atomic E-state index is 11.9. The van der Waals surface area contributed by atoms with Gasteiger partial charge in [-0.2, -0.15) is 0 Å². The molecule has 0 unspecified atom stereocenters. The van der Waals surface area contributed by atoms with Gasteiger partial charge in [-0.25, -0.2) is 4.98 Å². The predicted octanol–water partition coefficient (Wildman–Crippen LogP) is 2.44. The minimum Gasteiger partial charge on any atom is -0.497 e. The summed E-state index contributed by atoms with van der Waals surface area (Å²) in [6, 6.07) is 5.43. The van der Waals surface area contributed by atoms with Crippen LogP contribution in [0.4, 0.5) is 0 Å². The second kappa shape index (κ2) is 9.08. The van der Waals surface area contributed by atoms with Crippen molar-refractivity contribution in [2.75, 3.05) is 27.9 Å². The summed E-state index contributed by atoms with van der Waals surface area (Å²) in [7, 11) is 4.78. The Hall–Kier alpha value is -2.54. The molecule has 0 bridgehead atoms. The quantitative estimate of drug-likeness (QED) is 0.749. The summed E-state index contributed by atoms with van der Waals surface area (Å²) in [5.74, 6) is 2.35. The first-order chi connectivity index (χ1) is 12.1. The van der Waals surface area contributed by atoms with E-state index in [0.717, 1.165) is 5.56 Å². The van der Waals surface area contributed by atoms with Crippen LogP contribution in [0, 0.1) is 0 Å². The highest BCUT2D eigenvalue weighted by molar-refractivity contribution is 5.76. The van der Waals surface area contributed by atoms with Crippen LogP contribution in [-0.4, -0.2) is 44.9 Å². The Kier molecular flexibility index (Phi) is 6.82. The second-order valence-electron chi connectivity index (χ2n) is 5.61. The molecule has 1 heterocycles. The molecule has 0 aliphatic rings. The van der Waals surface area contributed by atoms with Gasteiger partial charge in [-0.1, -0.05) is 0 Å². The predicted molar refractivity (Wildman–Crippen MR) is 92.8 cm³/mol. The Morgan fingerprint density at radius 3 is 2.76 bits per heavy atom. The minimum absolute atomic E-state index is 0.0267. The zero-order chi connectivity index (χ0) is 18.2. The van der Waals surface area contributed by atoms with Gasteiger partial charge < -0.3 is 23.9 Å². The number of nitrogens with zero attached hydrogens (tertiary/aromatic N) is 1. The van der Waals surface area contributed by atoms with E-state index in [1.165, 1.54) is 0 Å². The number of rotatable bonds is 9. The zero-order valence-corrected chi connectivity index (χ0v) is 15.0. The number of carbonyl (C=O) groups excluding carboxylic acids is 1. The van der Waals surface area contributed by atoms with E-state index in [9.17, 15) is 4.79 Å². The Labute approximate surface area is 147 Å². The van der Waals surface area contributed by atoms with Crippen LogP contribution in [0.3, 0.4) is 0 Å². The molecular formula is C18H24N2O5. The number of nitrogens with one attached hydrogen (secondary N) is 1. The molecule has 1 aromatic carbocycles. The molecule has 1 aromatic heterocycles. The van der Waals surface area contributed by atoms with Gasteiger partial charge in [0.1, 0.15) is 11.5 Å². The zero-order valence-electron chi connectivity index (χ0n) is 15.0. The van der Waals surface area contributed by atoms with Gasteiger partial charge >= 0.3 is 0 Å². The van der Waals surface area contributed by atoms with Crippen molar-refractivity contribution in [2.45, 2.75) is 25.8 Å². The molecule has 0 saturated carbocycles. The van der Waals surface area contributed by atoms with Crippen LogP contribution in [0.15, 0.2) is 28.8 Å². The van der Waals surface area contributed by atoms with Crippen LogP contribution in [-0.2, 0) is 16.0 Å². The number of benzene rings is 1. The van der Waals surface area contributed by atoms with Gasteiger partial charge in [-0.05, 0) is 19.1 Å². The molecule has 0 fully saturated rings. The third kappa shape index (κ3) is 5.22. The number of aromatic nitrogens is 1. The van der Waals surface area contributed by atoms with E-state index >= 15 is 0 Å². The van der Waals surface area contributed by atoms with Crippen LogP contribution in [0.5, 0.6) is 11.5 Å². The van der Waals surface area contributed by atoms with E-state index < -0.39 is 0 Å². The van der Waals surface area contributed by atoms with Gasteiger partial charge in [0.05, 0.1) is 32.6 Å². The fourth-order valence-corrected chi connectivity index (χ4v) is 2.41. The molecule has 0 radical (unpaired) electrons. The second-order valence-corrected chi connectivity index (χ2v) is 5.61. The molecule has 1 atom stereocenters. The van der Waals surface area contributed by atoms with E-state index in [1.807, 2.05) is 19.1 Å². The van der Waals surface area contributed by atoms with Gasteiger partial charge in [0.15, 0.2) is 11.7 Å². The number of hydrogen-bond acceptors (Lipinski definition) is 6. The lowest BCUT2D eigenvalue weighted by molar-refractivity contribution is -0.122. The number of hydrogen-bond donors (Lipinski definition) is 1. The Balaban J connectivity index is 1.99. The highest BCUT2D eigenvalue weighted by Gasteiger charge is 2.14. The lowest BCUT2D eigenvalue weighted by Crippen LogP contribution is -2.35. The van der Waals surface area contributed by atoms with Crippen molar-refractivity contribution in [3.8, 4) is 22.8 Å². The standard InChI is InChI=1S/C18H24N2O5/c1-12(11-22-2)20-17(21)7-8-18-19-10-16(25-18)14-6-5-13(23-3)9-15(14)24-4/h5-6,9-10,12H,7-8,11H2,1-4H3,(H,20,21)/t12-/m1/s1. The molecule has 0 spiro atoms. The number of oxazole rings is 1. The van der Waals surface area contributed by atoms with Crippen molar-refractivity contribution in [1.29, 1.82) is 0 Å². The van der Waals surface area contributed by atoms with Crippen molar-refractivity contribution in [3.63, 3.8) is 0 Å². The summed E-state index contributed by atoms with van der Waals surface area (Å²) in [5.41, 5.74) is 0.778. The highest BCUT2D eigenvalue weighted by atomic mass is 16.5. The Morgan fingerprint density at radius 2 is 2.08 bits per heavy atom. The van der Waals surface area contributed by atoms with Crippen molar-refractivity contribution in [3.05, 3.63) is 30.3 Å². The van der Waals surface area contributed by atoms with Crippen molar-refractivity contribution in [1.82, 2.24) is 10.3 Å². The molecule has 7 nitrogen and oxygen atoms in total. The molecule has 0 saturated heterocycles. The third-order valence-electron chi connectivity index (χ3n) is 3.62. The third-order valence-corrected chi connectivity index (χ3v) is 3.62. The number of methoxy groups -OCH3 is 3. The van der Waals surface area contributed by atoms with E-state index in [1.54, 1.807) is 33.6 Å². The number of aryl methyl sites for hydroxylation is 1. The minimum atomic E-state index is -0.0636. The molecule has 1 amide bonds. The summed E-state index contributed by atoms with van der Waals surface area (Å²) in [4.78, 5) is 16.1. The van der Waals surface area contributed by atoms with E-state index in [4.69, 9.17) is 18.6 Å². The lowest BCUT2D eigenvalue weighted by Gasteiger charge is -2.11. The highest BCUT2D eigenvalue weighted by Crippen LogP contribution is 2.33. The fraction of sp³-hybridized carbons (Fsp3) is 0.444. The molecule has 0 aliphatic carbocycles. The van der Waals surface area contributed by atoms with Crippen molar-refractivity contribution in [2.24, 2.45) is 0 Å². The molecule has 7 heteroatoms. The van der Waals surface area contributed by atoms with E-state index in [0.29, 0.717) is 42.6 Å². The Bertz CT molecular complexity index is 699. The maximum Gasteiger partial charge on any atom is 0.220 e. The molecule has 0 aliphatic heterocycles. The lowest BCUT2D eigenvalue weighted by atomic mass is 10.1. The van der Waals surface area contributed by atoms with Crippen LogP contribution in [0.1, 0.15) is 19.2 Å². The summed E-state index contributed by atoms with van der Waals surface area (Å²) >= 11 is 0. The summed E-state index contributed by atoms with van der Waals surface area (Å²) in [6.45, 7) is 2.37. The monoisotopic (exact) mass is 348 g/mol. The summed E-state index contributed by atoms with van der Waals surface area (Å²) < 4.78 is 21.3. The number of carbonyl (C=O) groups is 1. The van der Waals surface area contributed by atoms with Gasteiger partial charge in [-0.15, -0.1) is 0 Å². The smallest absolute Gasteiger partial charge is 0.220 e. The van der Waals surface area contributed by atoms with Gasteiger partial charge in [-0.3, -0.25) is 4.79 Å². The summed E-state index contributed by atoms with van der Waals surface area (Å²) in [5, 5.41) is 2.85. The van der Waals surface area contributed by atoms with Crippen LogP contribution < -0.4 is 14.8 Å². The van der Waals surface area contributed by atoms with E-state index in [-0.39, 0.29) is 11.9 Å². The topological polar surface area (TPSA) is 82.8 Å². The van der Waals surface area contributed by atoms with Gasteiger partial charge in [0, 0.05) is 32.1 Å². The molecule has 25 heavy (non-hydrogen) atoms. The van der Waals surface area contributed by atoms with Gasteiger partial charge in [0.2, 0.25) is 5.91 Å². The molecule has 136 valence electrons. The van der Waals surface area contributed by atoms with Crippen LogP contribution in [0.2, 0.25) is 0 Å². The van der Waals surface area contributed by atoms with Crippen molar-refractivity contribution < 1.29 is 23.4 Å². The van der Waals surface area contributed by atoms with Crippen molar-refractivity contribution >= 4 is 5.91 Å².